The third-order valence-corrected chi connectivity index (χ3v) is 6.14. The Bertz CT molecular complexity index is 663. The number of ether oxygens (including phenoxy) is 2. The normalized spacial score (nSPS) is 15.9. The fourth-order valence-electron chi connectivity index (χ4n) is 3.31. The van der Waals surface area contributed by atoms with Crippen LogP contribution in [0.15, 0.2) is 4.99 Å². The summed E-state index contributed by atoms with van der Waals surface area (Å²) in [5, 5.41) is 7.50. The van der Waals surface area contributed by atoms with E-state index < -0.39 is 0 Å². The lowest BCUT2D eigenvalue weighted by atomic mass is 9.98. The maximum Gasteiger partial charge on any atom is 0.350 e. The topological polar surface area (TPSA) is 84.8 Å². The minimum absolute atomic E-state index is 0. The molecule has 1 aliphatic rings. The van der Waals surface area contributed by atoms with Crippen LogP contribution in [0.4, 0.5) is 0 Å². The second kappa shape index (κ2) is 15.0. The molecule has 1 saturated carbocycles. The van der Waals surface area contributed by atoms with Crippen LogP contribution < -0.4 is 10.6 Å². The van der Waals surface area contributed by atoms with Crippen molar-refractivity contribution in [1.29, 1.82) is 0 Å². The average Bonchev–Trinajstić information content (AvgIpc) is 3.11. The summed E-state index contributed by atoms with van der Waals surface area (Å²) in [5.74, 6) is 0.447. The van der Waals surface area contributed by atoms with E-state index in [1.807, 2.05) is 20.8 Å². The molecule has 0 saturated heterocycles. The van der Waals surface area contributed by atoms with Gasteiger partial charge in [-0.3, -0.25) is 4.99 Å². The fourth-order valence-corrected chi connectivity index (χ4v) is 4.28. The van der Waals surface area contributed by atoms with Crippen LogP contribution in [0, 0.1) is 6.92 Å². The number of nitrogens with zero attached hydrogens (tertiary/aromatic N) is 2. The maximum absolute atomic E-state index is 12.0. The highest BCUT2D eigenvalue weighted by molar-refractivity contribution is 14.0. The van der Waals surface area contributed by atoms with Gasteiger partial charge in [-0.1, -0.05) is 19.3 Å². The molecule has 2 N–H and O–H groups in total. The van der Waals surface area contributed by atoms with E-state index in [0.29, 0.717) is 29.8 Å². The Balaban J connectivity index is 0.00000450. The van der Waals surface area contributed by atoms with Crippen LogP contribution in [0.25, 0.3) is 0 Å². The van der Waals surface area contributed by atoms with E-state index in [-0.39, 0.29) is 36.0 Å². The first-order valence-electron chi connectivity index (χ1n) is 10.9. The SMILES string of the molecule is CCNC(=NCCCOC1CCCCC1)NC(C)c1nc(C)c(C(=O)OCC)s1.I. The van der Waals surface area contributed by atoms with Gasteiger partial charge in [0, 0.05) is 19.7 Å². The number of aromatic nitrogens is 1. The molecule has 0 aliphatic heterocycles. The Morgan fingerprint density at radius 2 is 2.03 bits per heavy atom. The van der Waals surface area contributed by atoms with E-state index in [1.165, 1.54) is 43.4 Å². The summed E-state index contributed by atoms with van der Waals surface area (Å²) in [4.78, 5) is 21.8. The molecule has 1 aromatic rings. The molecule has 7 nitrogen and oxygen atoms in total. The number of carbonyl (C=O) groups excluding carboxylic acids is 1. The zero-order valence-electron chi connectivity index (χ0n) is 18.7. The summed E-state index contributed by atoms with van der Waals surface area (Å²) in [6, 6.07) is -0.0573. The van der Waals surface area contributed by atoms with Crippen LogP contribution in [0.5, 0.6) is 0 Å². The molecule has 9 heteroatoms. The summed E-state index contributed by atoms with van der Waals surface area (Å²) >= 11 is 1.37. The van der Waals surface area contributed by atoms with Gasteiger partial charge in [-0.2, -0.15) is 0 Å². The summed E-state index contributed by atoms with van der Waals surface area (Å²) in [6.45, 7) is 10.3. The highest BCUT2D eigenvalue weighted by Gasteiger charge is 2.20. The standard InChI is InChI=1S/C21H36N4O3S.HI/c1-5-22-21(23-13-10-14-28-17-11-8-7-9-12-17)25-16(4)19-24-15(3)18(29-19)20(26)27-6-2;/h16-17H,5-14H2,1-4H3,(H2,22,23,25);1H. The molecule has 30 heavy (non-hydrogen) atoms. The smallest absolute Gasteiger partial charge is 0.350 e. The number of thiazole rings is 1. The molecule has 1 fully saturated rings. The minimum atomic E-state index is -0.306. The minimum Gasteiger partial charge on any atom is -0.462 e. The van der Waals surface area contributed by atoms with Crippen LogP contribution in [-0.2, 0) is 9.47 Å². The Morgan fingerprint density at radius 3 is 2.70 bits per heavy atom. The molecule has 172 valence electrons. The van der Waals surface area contributed by atoms with Gasteiger partial charge in [-0.05, 0) is 47.0 Å². The molecule has 2 rings (SSSR count). The van der Waals surface area contributed by atoms with Gasteiger partial charge in [0.15, 0.2) is 5.96 Å². The zero-order chi connectivity index (χ0) is 21.1. The van der Waals surface area contributed by atoms with Gasteiger partial charge in [0.1, 0.15) is 9.88 Å². The number of hydrogen-bond donors (Lipinski definition) is 2. The molecule has 0 bridgehead atoms. The molecular weight excluding hydrogens is 515 g/mol. The number of carbonyl (C=O) groups is 1. The van der Waals surface area contributed by atoms with Crippen LogP contribution in [-0.4, -0.2) is 49.3 Å². The quantitative estimate of drug-likeness (QED) is 0.145. The largest absolute Gasteiger partial charge is 0.462 e. The van der Waals surface area contributed by atoms with Crippen LogP contribution in [0.1, 0.15) is 85.7 Å². The Morgan fingerprint density at radius 1 is 1.30 bits per heavy atom. The predicted octanol–water partition coefficient (Wildman–Crippen LogP) is 4.60. The highest BCUT2D eigenvalue weighted by atomic mass is 127. The van der Waals surface area contributed by atoms with Crippen LogP contribution in [0.2, 0.25) is 0 Å². The van der Waals surface area contributed by atoms with Gasteiger partial charge >= 0.3 is 5.97 Å². The number of hydrogen-bond acceptors (Lipinski definition) is 6. The summed E-state index contributed by atoms with van der Waals surface area (Å²) < 4.78 is 11.1. The first kappa shape index (κ1) is 27.1. The Labute approximate surface area is 201 Å². The lowest BCUT2D eigenvalue weighted by molar-refractivity contribution is 0.0281. The van der Waals surface area contributed by atoms with E-state index in [9.17, 15) is 4.79 Å². The van der Waals surface area contributed by atoms with Gasteiger partial charge in [-0.15, -0.1) is 35.3 Å². The molecule has 1 aromatic heterocycles. The van der Waals surface area contributed by atoms with E-state index >= 15 is 0 Å². The van der Waals surface area contributed by atoms with Crippen molar-refractivity contribution in [2.24, 2.45) is 4.99 Å². The van der Waals surface area contributed by atoms with Crippen molar-refractivity contribution in [2.75, 3.05) is 26.3 Å². The van der Waals surface area contributed by atoms with Crippen molar-refractivity contribution in [3.05, 3.63) is 15.6 Å². The van der Waals surface area contributed by atoms with Crippen LogP contribution in [0.3, 0.4) is 0 Å². The van der Waals surface area contributed by atoms with Crippen molar-refractivity contribution in [3.8, 4) is 0 Å². The number of esters is 1. The van der Waals surface area contributed by atoms with Gasteiger partial charge in [0.05, 0.1) is 24.4 Å². The molecule has 0 spiro atoms. The number of halogens is 1. The summed E-state index contributed by atoms with van der Waals surface area (Å²) in [5.41, 5.74) is 0.707. The second-order valence-electron chi connectivity index (χ2n) is 7.30. The van der Waals surface area contributed by atoms with E-state index in [4.69, 9.17) is 9.47 Å². The third kappa shape index (κ3) is 9.05. The molecule has 0 aromatic carbocycles. The molecular formula is C21H37IN4O3S. The number of nitrogens with one attached hydrogen (secondary N) is 2. The maximum atomic E-state index is 12.0. The zero-order valence-corrected chi connectivity index (χ0v) is 21.8. The van der Waals surface area contributed by atoms with Crippen molar-refractivity contribution < 1.29 is 14.3 Å². The number of aliphatic imine (C=N–C) groups is 1. The number of guanidine groups is 1. The van der Waals surface area contributed by atoms with Gasteiger partial charge in [-0.25, -0.2) is 9.78 Å². The van der Waals surface area contributed by atoms with Crippen molar-refractivity contribution in [3.63, 3.8) is 0 Å². The summed E-state index contributed by atoms with van der Waals surface area (Å²) in [7, 11) is 0. The monoisotopic (exact) mass is 552 g/mol. The van der Waals surface area contributed by atoms with E-state index in [0.717, 1.165) is 30.5 Å². The van der Waals surface area contributed by atoms with Gasteiger partial charge in [0.2, 0.25) is 0 Å². The van der Waals surface area contributed by atoms with Gasteiger partial charge in [0.25, 0.3) is 0 Å². The third-order valence-electron chi connectivity index (χ3n) is 4.82. The van der Waals surface area contributed by atoms with E-state index in [2.05, 4.69) is 20.6 Å². The first-order valence-corrected chi connectivity index (χ1v) is 11.7. The van der Waals surface area contributed by atoms with E-state index in [1.54, 1.807) is 6.92 Å². The average molecular weight is 553 g/mol. The Hall–Kier alpha value is -0.940. The van der Waals surface area contributed by atoms with Crippen molar-refractivity contribution in [1.82, 2.24) is 15.6 Å². The Kier molecular flexibility index (Phi) is 13.5. The number of aryl methyl sites for hydroxylation is 1. The predicted molar refractivity (Wildman–Crippen MR) is 133 cm³/mol. The first-order chi connectivity index (χ1) is 14.0. The summed E-state index contributed by atoms with van der Waals surface area (Å²) in [6.07, 6.45) is 7.69. The number of rotatable bonds is 10. The molecule has 1 atom stereocenters. The lowest BCUT2D eigenvalue weighted by Gasteiger charge is -2.21. The van der Waals surface area contributed by atoms with Gasteiger partial charge < -0.3 is 20.1 Å². The van der Waals surface area contributed by atoms with Crippen molar-refractivity contribution >= 4 is 47.2 Å². The van der Waals surface area contributed by atoms with Crippen molar-refractivity contribution in [2.45, 2.75) is 78.4 Å². The molecule has 1 aliphatic carbocycles. The lowest BCUT2D eigenvalue weighted by Crippen LogP contribution is -2.38. The molecule has 0 radical (unpaired) electrons. The fraction of sp³-hybridized carbons (Fsp3) is 0.762. The molecule has 1 unspecified atom stereocenters. The highest BCUT2D eigenvalue weighted by Crippen LogP contribution is 2.24. The second-order valence-corrected chi connectivity index (χ2v) is 8.33. The van der Waals surface area contributed by atoms with Crippen LogP contribution >= 0.6 is 35.3 Å². The molecule has 0 amide bonds. The molecule has 1 heterocycles.